The van der Waals surface area contributed by atoms with Crippen molar-refractivity contribution < 1.29 is 26.6 Å². The van der Waals surface area contributed by atoms with Crippen LogP contribution in [0.3, 0.4) is 0 Å². The molecule has 0 aliphatic carbocycles. The molecule has 4 aromatic carbocycles. The van der Waals surface area contributed by atoms with Crippen LogP contribution in [0.4, 0.5) is 22.7 Å². The van der Waals surface area contributed by atoms with Crippen LogP contribution in [0.1, 0.15) is 5.56 Å². The Balaban J connectivity index is 1.57. The van der Waals surface area contributed by atoms with Crippen LogP contribution >= 0.6 is 0 Å². The fraction of sp³-hybridized carbons (Fsp3) is 0.0741. The zero-order valence-electron chi connectivity index (χ0n) is 21.1. The zero-order valence-corrected chi connectivity index (χ0v) is 22.7. The van der Waals surface area contributed by atoms with Gasteiger partial charge in [0.05, 0.1) is 14.7 Å². The average molecular weight is 581 g/mol. The number of hydrogen-bond donors (Lipinski definition) is 2. The van der Waals surface area contributed by atoms with Crippen LogP contribution in [0.25, 0.3) is 0 Å². The van der Waals surface area contributed by atoms with Crippen LogP contribution in [-0.4, -0.2) is 34.2 Å². The molecule has 0 spiro atoms. The summed E-state index contributed by atoms with van der Waals surface area (Å²) in [6, 6.07) is 24.6. The standard InChI is InChI=1S/C27H24N4O7S2/c1-20-8-7-9-22(18-20)29-39(35,36)23-16-14-21(15-17-23)28-27(32)19-30(25-12-5-6-13-26(25)31(33)34)40(37,38)24-10-3-2-4-11-24/h2-18,29H,19H2,1H3,(H,28,32). The summed E-state index contributed by atoms with van der Waals surface area (Å²) in [5, 5.41) is 14.2. The SMILES string of the molecule is Cc1cccc(NS(=O)(=O)c2ccc(NC(=O)CN(c3ccccc3[N+](=O)[O-])S(=O)(=O)c3ccccc3)cc2)c1. The van der Waals surface area contributed by atoms with Gasteiger partial charge in [0.1, 0.15) is 12.2 Å². The molecule has 1 amide bonds. The van der Waals surface area contributed by atoms with Gasteiger partial charge in [-0.05, 0) is 67.1 Å². The van der Waals surface area contributed by atoms with E-state index < -0.39 is 43.1 Å². The number of anilines is 3. The van der Waals surface area contributed by atoms with Crippen molar-refractivity contribution in [1.82, 2.24) is 0 Å². The van der Waals surface area contributed by atoms with E-state index in [9.17, 15) is 31.7 Å². The van der Waals surface area contributed by atoms with Crippen molar-refractivity contribution in [2.75, 3.05) is 20.9 Å². The Morgan fingerprint density at radius 3 is 2.10 bits per heavy atom. The van der Waals surface area contributed by atoms with Crippen molar-refractivity contribution >= 4 is 48.7 Å². The molecule has 0 heterocycles. The molecule has 0 aliphatic heterocycles. The molecule has 206 valence electrons. The Morgan fingerprint density at radius 1 is 0.800 bits per heavy atom. The first kappa shape index (κ1) is 28.3. The Bertz CT molecular complexity index is 1760. The lowest BCUT2D eigenvalue weighted by Gasteiger charge is -2.23. The normalized spacial score (nSPS) is 11.4. The van der Waals surface area contributed by atoms with E-state index in [1.165, 1.54) is 66.7 Å². The molecule has 0 fully saturated rings. The van der Waals surface area contributed by atoms with Crippen molar-refractivity contribution in [1.29, 1.82) is 0 Å². The molecule has 0 saturated carbocycles. The number of nitro benzene ring substituents is 1. The summed E-state index contributed by atoms with van der Waals surface area (Å²) in [6.07, 6.45) is 0. The second-order valence-electron chi connectivity index (χ2n) is 8.62. The van der Waals surface area contributed by atoms with Crippen LogP contribution in [0.15, 0.2) is 113 Å². The summed E-state index contributed by atoms with van der Waals surface area (Å²) in [5.41, 5.74) is 0.689. The summed E-state index contributed by atoms with van der Waals surface area (Å²) in [4.78, 5) is 23.7. The third-order valence-electron chi connectivity index (χ3n) is 5.68. The number of aryl methyl sites for hydroxylation is 1. The molecule has 0 aliphatic rings. The number of nitrogens with one attached hydrogen (secondary N) is 2. The smallest absolute Gasteiger partial charge is 0.293 e. The van der Waals surface area contributed by atoms with Gasteiger partial charge >= 0.3 is 0 Å². The molecule has 4 aromatic rings. The number of nitro groups is 1. The molecular formula is C27H24N4O7S2. The van der Waals surface area contributed by atoms with Gasteiger partial charge in [0.15, 0.2) is 0 Å². The van der Waals surface area contributed by atoms with Gasteiger partial charge in [-0.2, -0.15) is 0 Å². The number of nitrogens with zero attached hydrogens (tertiary/aromatic N) is 2. The number of sulfonamides is 2. The average Bonchev–Trinajstić information content (AvgIpc) is 2.92. The number of amides is 1. The van der Waals surface area contributed by atoms with E-state index in [0.29, 0.717) is 9.99 Å². The Labute approximate surface area is 231 Å². The van der Waals surface area contributed by atoms with Crippen molar-refractivity contribution in [3.63, 3.8) is 0 Å². The van der Waals surface area contributed by atoms with Gasteiger partial charge in [0, 0.05) is 17.4 Å². The number of carbonyl (C=O) groups excluding carboxylic acids is 1. The zero-order chi connectivity index (χ0) is 28.9. The van der Waals surface area contributed by atoms with E-state index in [0.717, 1.165) is 11.6 Å². The van der Waals surface area contributed by atoms with Gasteiger partial charge < -0.3 is 5.32 Å². The molecule has 0 atom stereocenters. The lowest BCUT2D eigenvalue weighted by molar-refractivity contribution is -0.384. The van der Waals surface area contributed by atoms with E-state index in [1.54, 1.807) is 24.3 Å². The number of para-hydroxylation sites is 2. The molecule has 0 saturated heterocycles. The van der Waals surface area contributed by atoms with Crippen LogP contribution in [-0.2, 0) is 24.8 Å². The minimum atomic E-state index is -4.38. The third kappa shape index (κ3) is 6.45. The third-order valence-corrected chi connectivity index (χ3v) is 8.86. The minimum absolute atomic E-state index is 0.0554. The maximum absolute atomic E-state index is 13.5. The molecule has 0 aromatic heterocycles. The minimum Gasteiger partial charge on any atom is -0.325 e. The quantitative estimate of drug-likeness (QED) is 0.206. The van der Waals surface area contributed by atoms with Crippen molar-refractivity contribution in [2.45, 2.75) is 16.7 Å². The lowest BCUT2D eigenvalue weighted by atomic mass is 10.2. The molecule has 13 heteroatoms. The number of hydrogen-bond acceptors (Lipinski definition) is 7. The van der Waals surface area contributed by atoms with Crippen molar-refractivity contribution in [3.8, 4) is 0 Å². The fourth-order valence-electron chi connectivity index (χ4n) is 3.82. The highest BCUT2D eigenvalue weighted by atomic mass is 32.2. The first-order valence-electron chi connectivity index (χ1n) is 11.8. The summed E-state index contributed by atoms with van der Waals surface area (Å²) < 4.78 is 55.6. The van der Waals surface area contributed by atoms with Crippen molar-refractivity contribution in [3.05, 3.63) is 119 Å². The van der Waals surface area contributed by atoms with E-state index >= 15 is 0 Å². The predicted molar refractivity (Wildman–Crippen MR) is 151 cm³/mol. The van der Waals surface area contributed by atoms with Gasteiger partial charge in [0.25, 0.3) is 25.7 Å². The van der Waals surface area contributed by atoms with Gasteiger partial charge in [-0.15, -0.1) is 0 Å². The molecule has 0 radical (unpaired) electrons. The largest absolute Gasteiger partial charge is 0.325 e. The predicted octanol–water partition coefficient (Wildman–Crippen LogP) is 4.54. The Hall–Kier alpha value is -4.75. The number of rotatable bonds is 10. The monoisotopic (exact) mass is 580 g/mol. The summed E-state index contributed by atoms with van der Waals surface area (Å²) >= 11 is 0. The van der Waals surface area contributed by atoms with E-state index in [-0.39, 0.29) is 21.2 Å². The van der Waals surface area contributed by atoms with Crippen LogP contribution in [0.5, 0.6) is 0 Å². The molecule has 2 N–H and O–H groups in total. The van der Waals surface area contributed by atoms with Gasteiger partial charge in [-0.1, -0.05) is 42.5 Å². The van der Waals surface area contributed by atoms with Crippen LogP contribution < -0.4 is 14.3 Å². The molecule has 0 unspecified atom stereocenters. The Kier molecular flexibility index (Phi) is 8.16. The maximum atomic E-state index is 13.5. The molecule has 0 bridgehead atoms. The van der Waals surface area contributed by atoms with Crippen molar-refractivity contribution in [2.24, 2.45) is 0 Å². The highest BCUT2D eigenvalue weighted by Crippen LogP contribution is 2.32. The van der Waals surface area contributed by atoms with Gasteiger partial charge in [-0.3, -0.25) is 19.6 Å². The van der Waals surface area contributed by atoms with Crippen LogP contribution in [0, 0.1) is 17.0 Å². The highest BCUT2D eigenvalue weighted by molar-refractivity contribution is 7.93. The van der Waals surface area contributed by atoms with Gasteiger partial charge in [-0.25, -0.2) is 21.1 Å². The first-order valence-corrected chi connectivity index (χ1v) is 14.7. The van der Waals surface area contributed by atoms with Gasteiger partial charge in [0.2, 0.25) is 5.91 Å². The maximum Gasteiger partial charge on any atom is 0.293 e. The second kappa shape index (κ2) is 11.6. The summed E-state index contributed by atoms with van der Waals surface area (Å²) in [6.45, 7) is 1.05. The summed E-state index contributed by atoms with van der Waals surface area (Å²) in [7, 11) is -8.28. The fourth-order valence-corrected chi connectivity index (χ4v) is 6.33. The second-order valence-corrected chi connectivity index (χ2v) is 12.2. The highest BCUT2D eigenvalue weighted by Gasteiger charge is 2.32. The van der Waals surface area contributed by atoms with Crippen LogP contribution in [0.2, 0.25) is 0 Å². The number of carbonyl (C=O) groups is 1. The molecule has 4 rings (SSSR count). The van der Waals surface area contributed by atoms with E-state index in [1.807, 2.05) is 13.0 Å². The summed E-state index contributed by atoms with van der Waals surface area (Å²) in [5.74, 6) is -0.800. The first-order chi connectivity index (χ1) is 19.0. The molecule has 11 nitrogen and oxygen atoms in total. The Morgan fingerprint density at radius 2 is 1.45 bits per heavy atom. The lowest BCUT2D eigenvalue weighted by Crippen LogP contribution is -2.38. The van der Waals surface area contributed by atoms with E-state index in [2.05, 4.69) is 10.0 Å². The topological polar surface area (TPSA) is 156 Å². The number of benzene rings is 4. The molecule has 40 heavy (non-hydrogen) atoms. The van der Waals surface area contributed by atoms with E-state index in [4.69, 9.17) is 0 Å². The molecular weight excluding hydrogens is 556 g/mol.